The predicted octanol–water partition coefficient (Wildman–Crippen LogP) is 5.12. The van der Waals surface area contributed by atoms with Crippen molar-refractivity contribution in [2.75, 3.05) is 6.54 Å². The smallest absolute Gasteiger partial charge is 0.254 e. The first-order valence-corrected chi connectivity index (χ1v) is 10.4. The van der Waals surface area contributed by atoms with Gasteiger partial charge < -0.3 is 9.47 Å². The van der Waals surface area contributed by atoms with Gasteiger partial charge in [0.1, 0.15) is 5.82 Å². The highest BCUT2D eigenvalue weighted by Gasteiger charge is 2.25. The van der Waals surface area contributed by atoms with Crippen LogP contribution in [0.3, 0.4) is 0 Å². The summed E-state index contributed by atoms with van der Waals surface area (Å²) in [6.45, 7) is 8.56. The van der Waals surface area contributed by atoms with Crippen LogP contribution in [-0.4, -0.2) is 26.9 Å². The number of amides is 1. The zero-order chi connectivity index (χ0) is 19.7. The third-order valence-electron chi connectivity index (χ3n) is 5.74. The Morgan fingerprint density at radius 2 is 1.93 bits per heavy atom. The molecule has 4 rings (SSSR count). The van der Waals surface area contributed by atoms with E-state index in [9.17, 15) is 4.79 Å². The Hall–Kier alpha value is -2.62. The van der Waals surface area contributed by atoms with Crippen LogP contribution in [0.25, 0.3) is 11.0 Å². The Bertz CT molecular complexity index is 1000. The molecule has 0 unspecified atom stereocenters. The first-order valence-electron chi connectivity index (χ1n) is 10.4. The molecule has 4 heteroatoms. The Morgan fingerprint density at radius 1 is 1.14 bits per heavy atom. The molecular formula is C24H29N3O. The molecule has 2 aromatic carbocycles. The van der Waals surface area contributed by atoms with E-state index >= 15 is 0 Å². The van der Waals surface area contributed by atoms with Crippen LogP contribution in [0.5, 0.6) is 0 Å². The Morgan fingerprint density at radius 3 is 2.64 bits per heavy atom. The van der Waals surface area contributed by atoms with Gasteiger partial charge in [0, 0.05) is 18.7 Å². The second-order valence-electron chi connectivity index (χ2n) is 8.10. The summed E-state index contributed by atoms with van der Waals surface area (Å²) in [4.78, 5) is 20.1. The standard InChI is InChI=1S/C24H29N3O/c1-4-13-26(24(28)20-12-9-17(2)18(3)14-20)16-23-25-21-7-5-6-8-22(21)27(23)15-19-10-11-19/h5-9,12,14,19H,4,10-11,13,15-16H2,1-3H3. The molecule has 146 valence electrons. The summed E-state index contributed by atoms with van der Waals surface area (Å²) in [6, 6.07) is 14.3. The van der Waals surface area contributed by atoms with Gasteiger partial charge in [-0.2, -0.15) is 0 Å². The highest BCUT2D eigenvalue weighted by Crippen LogP contribution is 2.32. The van der Waals surface area contributed by atoms with Crippen LogP contribution in [0.1, 0.15) is 53.5 Å². The summed E-state index contributed by atoms with van der Waals surface area (Å²) in [5, 5.41) is 0. The first kappa shape index (κ1) is 18.7. The molecule has 1 aliphatic carbocycles. The monoisotopic (exact) mass is 375 g/mol. The summed E-state index contributed by atoms with van der Waals surface area (Å²) in [5.74, 6) is 1.85. The SMILES string of the molecule is CCCN(Cc1nc2ccccc2n1CC1CC1)C(=O)c1ccc(C)c(C)c1. The average Bonchev–Trinajstić information content (AvgIpc) is 3.45. The van der Waals surface area contributed by atoms with Gasteiger partial charge in [0.2, 0.25) is 0 Å². The van der Waals surface area contributed by atoms with Crippen LogP contribution < -0.4 is 0 Å². The minimum Gasteiger partial charge on any atom is -0.331 e. The van der Waals surface area contributed by atoms with E-state index in [1.165, 1.54) is 23.9 Å². The minimum atomic E-state index is 0.0926. The van der Waals surface area contributed by atoms with E-state index in [1.807, 2.05) is 29.2 Å². The van der Waals surface area contributed by atoms with Gasteiger partial charge in [0.15, 0.2) is 0 Å². The van der Waals surface area contributed by atoms with E-state index in [1.54, 1.807) is 0 Å². The Labute approximate surface area is 167 Å². The maximum Gasteiger partial charge on any atom is 0.254 e. The third kappa shape index (κ3) is 3.82. The fraction of sp³-hybridized carbons (Fsp3) is 0.417. The number of benzene rings is 2. The molecule has 0 saturated heterocycles. The molecule has 4 nitrogen and oxygen atoms in total. The number of aromatic nitrogens is 2. The van der Waals surface area contributed by atoms with Crippen molar-refractivity contribution < 1.29 is 4.79 Å². The van der Waals surface area contributed by atoms with Crippen LogP contribution in [0.4, 0.5) is 0 Å². The van der Waals surface area contributed by atoms with Crippen LogP contribution >= 0.6 is 0 Å². The second kappa shape index (κ2) is 7.78. The molecule has 0 atom stereocenters. The van der Waals surface area contributed by atoms with Gasteiger partial charge in [0.25, 0.3) is 5.91 Å². The number of fused-ring (bicyclic) bond motifs is 1. The largest absolute Gasteiger partial charge is 0.331 e. The maximum atomic E-state index is 13.3. The lowest BCUT2D eigenvalue weighted by atomic mass is 10.1. The van der Waals surface area contributed by atoms with Gasteiger partial charge in [-0.05, 0) is 74.4 Å². The molecule has 1 amide bonds. The lowest BCUT2D eigenvalue weighted by Gasteiger charge is -2.23. The molecule has 0 aliphatic heterocycles. The molecule has 0 radical (unpaired) electrons. The average molecular weight is 376 g/mol. The van der Waals surface area contributed by atoms with Gasteiger partial charge in [-0.25, -0.2) is 4.98 Å². The summed E-state index contributed by atoms with van der Waals surface area (Å²) >= 11 is 0. The van der Waals surface area contributed by atoms with E-state index in [-0.39, 0.29) is 5.91 Å². The van der Waals surface area contributed by atoms with Crippen molar-refractivity contribution in [2.24, 2.45) is 5.92 Å². The molecule has 0 N–H and O–H groups in total. The topological polar surface area (TPSA) is 38.1 Å². The number of nitrogens with zero attached hydrogens (tertiary/aromatic N) is 3. The summed E-state index contributed by atoms with van der Waals surface area (Å²) in [6.07, 6.45) is 3.53. The van der Waals surface area contributed by atoms with E-state index in [4.69, 9.17) is 4.98 Å². The first-order chi connectivity index (χ1) is 13.6. The molecule has 1 aromatic heterocycles. The molecule has 1 saturated carbocycles. The van der Waals surface area contributed by atoms with E-state index in [0.29, 0.717) is 6.54 Å². The van der Waals surface area contributed by atoms with Crippen LogP contribution in [0.15, 0.2) is 42.5 Å². The van der Waals surface area contributed by atoms with Crippen molar-refractivity contribution in [3.63, 3.8) is 0 Å². The fourth-order valence-corrected chi connectivity index (χ4v) is 3.76. The predicted molar refractivity (Wildman–Crippen MR) is 113 cm³/mol. The number of para-hydroxylation sites is 2. The second-order valence-corrected chi connectivity index (χ2v) is 8.10. The lowest BCUT2D eigenvalue weighted by molar-refractivity contribution is 0.0737. The van der Waals surface area contributed by atoms with Crippen LogP contribution in [-0.2, 0) is 13.1 Å². The van der Waals surface area contributed by atoms with Crippen molar-refractivity contribution in [3.05, 3.63) is 65.0 Å². The molecule has 1 aliphatic rings. The molecule has 28 heavy (non-hydrogen) atoms. The number of aryl methyl sites for hydroxylation is 2. The van der Waals surface area contributed by atoms with E-state index < -0.39 is 0 Å². The Kier molecular flexibility index (Phi) is 5.21. The normalized spacial score (nSPS) is 13.8. The molecule has 3 aromatic rings. The van der Waals surface area contributed by atoms with Crippen molar-refractivity contribution in [2.45, 2.75) is 53.1 Å². The number of carbonyl (C=O) groups excluding carboxylic acids is 1. The van der Waals surface area contributed by atoms with Crippen molar-refractivity contribution in [3.8, 4) is 0 Å². The van der Waals surface area contributed by atoms with Crippen LogP contribution in [0, 0.1) is 19.8 Å². The molecular weight excluding hydrogens is 346 g/mol. The van der Waals surface area contributed by atoms with Gasteiger partial charge in [-0.1, -0.05) is 25.1 Å². The summed E-state index contributed by atoms with van der Waals surface area (Å²) < 4.78 is 2.34. The quantitative estimate of drug-likeness (QED) is 0.575. The van der Waals surface area contributed by atoms with Crippen molar-refractivity contribution >= 4 is 16.9 Å². The van der Waals surface area contributed by atoms with Gasteiger partial charge in [-0.3, -0.25) is 4.79 Å². The molecule has 0 bridgehead atoms. The highest BCUT2D eigenvalue weighted by molar-refractivity contribution is 5.94. The lowest BCUT2D eigenvalue weighted by Crippen LogP contribution is -2.32. The number of carbonyl (C=O) groups is 1. The minimum absolute atomic E-state index is 0.0926. The molecule has 1 fully saturated rings. The van der Waals surface area contributed by atoms with Crippen molar-refractivity contribution in [1.82, 2.24) is 14.5 Å². The van der Waals surface area contributed by atoms with Crippen LogP contribution in [0.2, 0.25) is 0 Å². The number of hydrogen-bond donors (Lipinski definition) is 0. The zero-order valence-corrected chi connectivity index (χ0v) is 17.1. The highest BCUT2D eigenvalue weighted by atomic mass is 16.2. The van der Waals surface area contributed by atoms with Crippen molar-refractivity contribution in [1.29, 1.82) is 0 Å². The van der Waals surface area contributed by atoms with Gasteiger partial charge in [0.05, 0.1) is 17.6 Å². The maximum absolute atomic E-state index is 13.3. The summed E-state index contributed by atoms with van der Waals surface area (Å²) in [7, 11) is 0. The number of imidazole rings is 1. The van der Waals surface area contributed by atoms with Gasteiger partial charge in [-0.15, -0.1) is 0 Å². The zero-order valence-electron chi connectivity index (χ0n) is 17.1. The number of rotatable bonds is 7. The summed E-state index contributed by atoms with van der Waals surface area (Å²) in [5.41, 5.74) is 5.34. The van der Waals surface area contributed by atoms with E-state index in [0.717, 1.165) is 47.9 Å². The fourth-order valence-electron chi connectivity index (χ4n) is 3.76. The molecule has 0 spiro atoms. The van der Waals surface area contributed by atoms with E-state index in [2.05, 4.69) is 43.5 Å². The Balaban J connectivity index is 1.65. The van der Waals surface area contributed by atoms with Gasteiger partial charge >= 0.3 is 0 Å². The number of hydrogen-bond acceptors (Lipinski definition) is 2. The third-order valence-corrected chi connectivity index (χ3v) is 5.74. The molecule has 1 heterocycles.